The standard InChI is InChI=1S/C14H15FN2O/c15-14-5-4-11-12(17-14)2-1-3-13(11)18-10-6-8-16-9-7-10/h1-5,10,16H,6-9H2. The van der Waals surface area contributed by atoms with Gasteiger partial charge in [-0.2, -0.15) is 4.39 Å². The summed E-state index contributed by atoms with van der Waals surface area (Å²) in [6.45, 7) is 1.98. The molecular formula is C14H15FN2O. The van der Waals surface area contributed by atoms with Crippen molar-refractivity contribution < 1.29 is 9.13 Å². The summed E-state index contributed by atoms with van der Waals surface area (Å²) in [5.41, 5.74) is 0.640. The second-order valence-electron chi connectivity index (χ2n) is 4.52. The molecule has 2 heterocycles. The van der Waals surface area contributed by atoms with E-state index in [2.05, 4.69) is 10.3 Å². The quantitative estimate of drug-likeness (QED) is 0.827. The molecule has 3 rings (SSSR count). The Labute approximate surface area is 105 Å². The largest absolute Gasteiger partial charge is 0.490 e. The minimum atomic E-state index is -0.457. The molecule has 1 saturated heterocycles. The predicted molar refractivity (Wildman–Crippen MR) is 68.2 cm³/mol. The third-order valence-electron chi connectivity index (χ3n) is 3.24. The fourth-order valence-electron chi connectivity index (χ4n) is 2.30. The van der Waals surface area contributed by atoms with Crippen LogP contribution in [0.2, 0.25) is 0 Å². The number of rotatable bonds is 2. The number of benzene rings is 1. The van der Waals surface area contributed by atoms with E-state index in [-0.39, 0.29) is 6.10 Å². The van der Waals surface area contributed by atoms with E-state index in [9.17, 15) is 4.39 Å². The Morgan fingerprint density at radius 1 is 1.17 bits per heavy atom. The van der Waals surface area contributed by atoms with Crippen LogP contribution in [0.3, 0.4) is 0 Å². The number of ether oxygens (including phenoxy) is 1. The van der Waals surface area contributed by atoms with Gasteiger partial charge in [-0.25, -0.2) is 4.98 Å². The zero-order chi connectivity index (χ0) is 12.4. The summed E-state index contributed by atoms with van der Waals surface area (Å²) in [6.07, 6.45) is 2.25. The van der Waals surface area contributed by atoms with E-state index in [0.29, 0.717) is 5.52 Å². The zero-order valence-electron chi connectivity index (χ0n) is 10.0. The first kappa shape index (κ1) is 11.4. The first-order valence-electron chi connectivity index (χ1n) is 6.25. The van der Waals surface area contributed by atoms with E-state index in [1.165, 1.54) is 6.07 Å². The van der Waals surface area contributed by atoms with Crippen molar-refractivity contribution >= 4 is 10.9 Å². The van der Waals surface area contributed by atoms with Crippen molar-refractivity contribution in [2.45, 2.75) is 18.9 Å². The maximum atomic E-state index is 13.1. The molecular weight excluding hydrogens is 231 g/mol. The van der Waals surface area contributed by atoms with Crippen molar-refractivity contribution in [2.75, 3.05) is 13.1 Å². The molecule has 1 N–H and O–H groups in total. The minimum absolute atomic E-state index is 0.238. The van der Waals surface area contributed by atoms with Gasteiger partial charge in [-0.05, 0) is 50.2 Å². The van der Waals surface area contributed by atoms with Crippen LogP contribution < -0.4 is 10.1 Å². The monoisotopic (exact) mass is 246 g/mol. The summed E-state index contributed by atoms with van der Waals surface area (Å²) in [5, 5.41) is 4.18. The zero-order valence-corrected chi connectivity index (χ0v) is 10.0. The third kappa shape index (κ3) is 2.29. The molecule has 1 aliphatic rings. The number of fused-ring (bicyclic) bond motifs is 1. The highest BCUT2D eigenvalue weighted by atomic mass is 19.1. The van der Waals surface area contributed by atoms with Crippen molar-refractivity contribution in [2.24, 2.45) is 0 Å². The number of aromatic nitrogens is 1. The van der Waals surface area contributed by atoms with Gasteiger partial charge in [0.15, 0.2) is 0 Å². The maximum absolute atomic E-state index is 13.1. The fraction of sp³-hybridized carbons (Fsp3) is 0.357. The summed E-state index contributed by atoms with van der Waals surface area (Å²) < 4.78 is 19.1. The summed E-state index contributed by atoms with van der Waals surface area (Å²) in [6, 6.07) is 8.68. The van der Waals surface area contributed by atoms with Crippen molar-refractivity contribution in [3.05, 3.63) is 36.3 Å². The van der Waals surface area contributed by atoms with Crippen LogP contribution >= 0.6 is 0 Å². The average molecular weight is 246 g/mol. The number of hydrogen-bond donors (Lipinski definition) is 1. The van der Waals surface area contributed by atoms with Gasteiger partial charge in [0.05, 0.1) is 5.52 Å². The van der Waals surface area contributed by atoms with E-state index in [1.807, 2.05) is 12.1 Å². The third-order valence-corrected chi connectivity index (χ3v) is 3.24. The number of hydrogen-bond acceptors (Lipinski definition) is 3. The molecule has 0 aliphatic carbocycles. The van der Waals surface area contributed by atoms with Crippen molar-refractivity contribution in [1.29, 1.82) is 0 Å². The molecule has 1 aromatic carbocycles. The van der Waals surface area contributed by atoms with E-state index in [4.69, 9.17) is 4.74 Å². The highest BCUT2D eigenvalue weighted by Gasteiger charge is 2.15. The lowest BCUT2D eigenvalue weighted by atomic mass is 10.1. The molecule has 0 amide bonds. The number of piperidine rings is 1. The molecule has 18 heavy (non-hydrogen) atoms. The number of nitrogens with zero attached hydrogens (tertiary/aromatic N) is 1. The van der Waals surface area contributed by atoms with E-state index in [0.717, 1.165) is 37.1 Å². The van der Waals surface area contributed by atoms with E-state index >= 15 is 0 Å². The number of pyridine rings is 1. The molecule has 4 heteroatoms. The summed E-state index contributed by atoms with van der Waals surface area (Å²) in [4.78, 5) is 3.87. The lowest BCUT2D eigenvalue weighted by molar-refractivity contribution is 0.164. The van der Waals surface area contributed by atoms with Crippen LogP contribution in [0.4, 0.5) is 4.39 Å². The van der Waals surface area contributed by atoms with Gasteiger partial charge in [-0.1, -0.05) is 6.07 Å². The maximum Gasteiger partial charge on any atom is 0.213 e. The van der Waals surface area contributed by atoms with Crippen molar-refractivity contribution in [3.8, 4) is 5.75 Å². The Morgan fingerprint density at radius 2 is 2.00 bits per heavy atom. The van der Waals surface area contributed by atoms with E-state index < -0.39 is 5.95 Å². The van der Waals surface area contributed by atoms with Gasteiger partial charge in [0.25, 0.3) is 0 Å². The minimum Gasteiger partial charge on any atom is -0.490 e. The Morgan fingerprint density at radius 3 is 2.83 bits per heavy atom. The fourth-order valence-corrected chi connectivity index (χ4v) is 2.30. The SMILES string of the molecule is Fc1ccc2c(OC3CCNCC3)cccc2n1. The Hall–Kier alpha value is -1.68. The second-order valence-corrected chi connectivity index (χ2v) is 4.52. The van der Waals surface area contributed by atoms with Crippen LogP contribution in [0.5, 0.6) is 5.75 Å². The molecule has 1 fully saturated rings. The van der Waals surface area contributed by atoms with Crippen LogP contribution in [0.1, 0.15) is 12.8 Å². The molecule has 1 aromatic heterocycles. The highest BCUT2D eigenvalue weighted by molar-refractivity contribution is 5.84. The molecule has 0 radical (unpaired) electrons. The molecule has 2 aromatic rings. The summed E-state index contributed by atoms with van der Waals surface area (Å²) in [5.74, 6) is 0.341. The molecule has 0 atom stereocenters. The normalized spacial score (nSPS) is 16.9. The number of nitrogens with one attached hydrogen (secondary N) is 1. The molecule has 3 nitrogen and oxygen atoms in total. The lowest BCUT2D eigenvalue weighted by Gasteiger charge is -2.24. The first-order valence-corrected chi connectivity index (χ1v) is 6.25. The number of halogens is 1. The van der Waals surface area contributed by atoms with Crippen LogP contribution in [-0.2, 0) is 0 Å². The van der Waals surface area contributed by atoms with Gasteiger partial charge in [-0.15, -0.1) is 0 Å². The molecule has 0 unspecified atom stereocenters. The Balaban J connectivity index is 1.91. The Bertz CT molecular complexity index is 552. The average Bonchev–Trinajstić information content (AvgIpc) is 2.40. The van der Waals surface area contributed by atoms with E-state index in [1.54, 1.807) is 12.1 Å². The molecule has 1 aliphatic heterocycles. The van der Waals surface area contributed by atoms with Gasteiger partial charge in [0.1, 0.15) is 11.9 Å². The molecule has 0 saturated carbocycles. The van der Waals surface area contributed by atoms with Gasteiger partial charge in [0, 0.05) is 5.39 Å². The molecule has 94 valence electrons. The van der Waals surface area contributed by atoms with Crippen molar-refractivity contribution in [3.63, 3.8) is 0 Å². The first-order chi connectivity index (χ1) is 8.83. The van der Waals surface area contributed by atoms with Gasteiger partial charge >= 0.3 is 0 Å². The highest BCUT2D eigenvalue weighted by Crippen LogP contribution is 2.26. The smallest absolute Gasteiger partial charge is 0.213 e. The van der Waals surface area contributed by atoms with Gasteiger partial charge in [0.2, 0.25) is 5.95 Å². The second kappa shape index (κ2) is 4.90. The van der Waals surface area contributed by atoms with Crippen LogP contribution in [-0.4, -0.2) is 24.2 Å². The van der Waals surface area contributed by atoms with Crippen LogP contribution in [0, 0.1) is 5.95 Å². The van der Waals surface area contributed by atoms with Gasteiger partial charge in [-0.3, -0.25) is 0 Å². The Kier molecular flexibility index (Phi) is 3.11. The predicted octanol–water partition coefficient (Wildman–Crippen LogP) is 2.50. The van der Waals surface area contributed by atoms with Crippen molar-refractivity contribution in [1.82, 2.24) is 10.3 Å². The van der Waals surface area contributed by atoms with Crippen LogP contribution in [0.15, 0.2) is 30.3 Å². The summed E-state index contributed by atoms with van der Waals surface area (Å²) >= 11 is 0. The van der Waals surface area contributed by atoms with Gasteiger partial charge < -0.3 is 10.1 Å². The summed E-state index contributed by atoms with van der Waals surface area (Å²) in [7, 11) is 0. The molecule has 0 spiro atoms. The molecule has 0 bridgehead atoms. The van der Waals surface area contributed by atoms with Crippen LogP contribution in [0.25, 0.3) is 10.9 Å². The topological polar surface area (TPSA) is 34.1 Å². The lowest BCUT2D eigenvalue weighted by Crippen LogP contribution is -2.34.